The average Bonchev–Trinajstić information content (AvgIpc) is 3.26. The Morgan fingerprint density at radius 3 is 2.24 bits per heavy atom. The number of carbonyl (C=O) groups is 4. The lowest BCUT2D eigenvalue weighted by atomic mass is 9.56. The summed E-state index contributed by atoms with van der Waals surface area (Å²) in [5.41, 5.74) is 2.65. The van der Waals surface area contributed by atoms with Gasteiger partial charge in [-0.05, 0) is 66.9 Å². The number of allylic oxidation sites excluding steroid dienone is 2. The third-order valence-electron chi connectivity index (χ3n) is 9.29. The molecule has 2 aromatic carbocycles. The molecule has 0 spiro atoms. The van der Waals surface area contributed by atoms with Gasteiger partial charge in [-0.25, -0.2) is 0 Å². The number of rotatable bonds is 3. The predicted molar refractivity (Wildman–Crippen MR) is 152 cm³/mol. The van der Waals surface area contributed by atoms with E-state index in [-0.39, 0.29) is 29.7 Å². The highest BCUT2D eigenvalue weighted by atomic mass is 35.5. The Bertz CT molecular complexity index is 1570. The van der Waals surface area contributed by atoms with Crippen LogP contribution in [-0.4, -0.2) is 67.6 Å². The summed E-state index contributed by atoms with van der Waals surface area (Å²) in [5, 5.41) is 29.7. The van der Waals surface area contributed by atoms with Crippen LogP contribution in [0.5, 0.6) is 5.75 Å². The Balaban J connectivity index is 1.51. The Morgan fingerprint density at radius 2 is 1.61 bits per heavy atom. The third-order valence-corrected chi connectivity index (χ3v) is 10.7. The van der Waals surface area contributed by atoms with Gasteiger partial charge in [0.05, 0.1) is 17.5 Å². The molecule has 4 aliphatic rings. The number of likely N-dealkylation sites (tertiary alicyclic amines) is 1. The fraction of sp³-hybridized carbons (Fsp3) is 0.379. The number of aryl methyl sites for hydroxylation is 2. The molecule has 2 saturated heterocycles. The lowest BCUT2D eigenvalue weighted by molar-refractivity contribution is -0.138. The smallest absolute Gasteiger partial charge is 0.488 e. The number of phenolic OH excluding ortho intramolecular Hbond substituents is 1. The maximum absolute atomic E-state index is 14.1. The van der Waals surface area contributed by atoms with Crippen LogP contribution >= 0.6 is 23.2 Å². The lowest BCUT2D eigenvalue weighted by Crippen LogP contribution is -2.60. The Labute approximate surface area is 246 Å². The summed E-state index contributed by atoms with van der Waals surface area (Å²) in [6.45, 7) is 3.43. The number of anilines is 1. The van der Waals surface area contributed by atoms with E-state index < -0.39 is 64.2 Å². The number of amides is 4. The minimum absolute atomic E-state index is 0.0907. The van der Waals surface area contributed by atoms with Crippen LogP contribution in [0, 0.1) is 31.6 Å². The number of nitrogens with zero attached hydrogens (tertiary/aromatic N) is 2. The standard InChI is InChI=1S/C29H27BCl2N2O7/c1-13-9-15(10-14(2)23(13)35)22-18-7-8-19-21(20(18)12-28(31)26(38)33(3)27(39)29(22,28)32)25(37)34(24(19)36)17-6-4-5-16(11-17)30(40)41/h4-7,9-11,19-22,35,40-41H,8,12H2,1-3H3/t19-,20+,21-,22-,28+,29-/m0/s1. The van der Waals surface area contributed by atoms with E-state index in [0.717, 1.165) is 9.80 Å². The fourth-order valence-electron chi connectivity index (χ4n) is 7.35. The monoisotopic (exact) mass is 596 g/mol. The quantitative estimate of drug-likeness (QED) is 0.213. The van der Waals surface area contributed by atoms with Crippen molar-refractivity contribution in [1.29, 1.82) is 0 Å². The van der Waals surface area contributed by atoms with Gasteiger partial charge in [-0.2, -0.15) is 0 Å². The first-order chi connectivity index (χ1) is 19.2. The van der Waals surface area contributed by atoms with Crippen molar-refractivity contribution in [2.24, 2.45) is 17.8 Å². The molecule has 3 fully saturated rings. The molecule has 0 aromatic heterocycles. The molecule has 2 aromatic rings. The average molecular weight is 597 g/mol. The SMILES string of the molecule is Cc1cc([C@H]2C3=CC[C@@H]4C(=O)N(c5cccc(B(O)O)c5)C(=O)[C@@H]4[C@@H]3C[C@@]3(Cl)C(=O)N(C)C(=O)[C@@]23Cl)cc(C)c1O. The third kappa shape index (κ3) is 3.57. The first-order valence-electron chi connectivity index (χ1n) is 13.3. The van der Waals surface area contributed by atoms with Gasteiger partial charge in [-0.1, -0.05) is 35.9 Å². The molecule has 41 heavy (non-hydrogen) atoms. The van der Waals surface area contributed by atoms with Crippen molar-refractivity contribution in [3.63, 3.8) is 0 Å². The zero-order valence-corrected chi connectivity index (χ0v) is 24.0. The fourth-order valence-corrected chi connectivity index (χ4v) is 8.37. The zero-order valence-electron chi connectivity index (χ0n) is 22.5. The molecular weight excluding hydrogens is 570 g/mol. The molecule has 6 rings (SSSR count). The van der Waals surface area contributed by atoms with Gasteiger partial charge in [0, 0.05) is 13.0 Å². The van der Waals surface area contributed by atoms with E-state index in [9.17, 15) is 34.3 Å². The number of hydrogen-bond donors (Lipinski definition) is 3. The molecule has 0 bridgehead atoms. The van der Waals surface area contributed by atoms with E-state index in [4.69, 9.17) is 23.2 Å². The van der Waals surface area contributed by atoms with Crippen molar-refractivity contribution < 1.29 is 34.3 Å². The summed E-state index contributed by atoms with van der Waals surface area (Å²) in [6.07, 6.45) is 1.91. The van der Waals surface area contributed by atoms with Gasteiger partial charge in [0.15, 0.2) is 9.75 Å². The second-order valence-corrected chi connectivity index (χ2v) is 12.7. The van der Waals surface area contributed by atoms with Gasteiger partial charge in [0.1, 0.15) is 5.75 Å². The summed E-state index contributed by atoms with van der Waals surface area (Å²) in [5.74, 6) is -5.38. The van der Waals surface area contributed by atoms with Gasteiger partial charge in [-0.15, -0.1) is 23.2 Å². The van der Waals surface area contributed by atoms with Crippen LogP contribution in [0.4, 0.5) is 5.69 Å². The van der Waals surface area contributed by atoms with E-state index >= 15 is 0 Å². The molecular formula is C29H27BCl2N2O7. The Morgan fingerprint density at radius 1 is 0.951 bits per heavy atom. The van der Waals surface area contributed by atoms with Gasteiger partial charge < -0.3 is 15.2 Å². The van der Waals surface area contributed by atoms with Crippen LogP contribution in [0.2, 0.25) is 0 Å². The number of imide groups is 2. The molecule has 1 saturated carbocycles. The van der Waals surface area contributed by atoms with Crippen LogP contribution in [0.15, 0.2) is 48.0 Å². The largest absolute Gasteiger partial charge is 0.507 e. The second-order valence-electron chi connectivity index (χ2n) is 11.5. The normalized spacial score (nSPS) is 32.6. The number of halogens is 2. The topological polar surface area (TPSA) is 135 Å². The first-order valence-corrected chi connectivity index (χ1v) is 14.0. The van der Waals surface area contributed by atoms with Crippen molar-refractivity contribution in [3.8, 4) is 5.75 Å². The summed E-state index contributed by atoms with van der Waals surface area (Å²) in [7, 11) is -0.456. The van der Waals surface area contributed by atoms with Gasteiger partial charge in [0.25, 0.3) is 11.8 Å². The first kappa shape index (κ1) is 28.0. The lowest BCUT2D eigenvalue weighted by Gasteiger charge is -2.51. The summed E-state index contributed by atoms with van der Waals surface area (Å²) in [6, 6.07) is 9.32. The molecule has 212 valence electrons. The minimum atomic E-state index is -1.90. The molecule has 6 atom stereocenters. The van der Waals surface area contributed by atoms with Crippen molar-refractivity contribution in [1.82, 2.24) is 4.90 Å². The number of benzene rings is 2. The maximum atomic E-state index is 14.1. The Hall–Kier alpha value is -3.18. The summed E-state index contributed by atoms with van der Waals surface area (Å²) < 4.78 is 0. The number of alkyl halides is 2. The van der Waals surface area contributed by atoms with Crippen LogP contribution in [-0.2, 0) is 19.2 Å². The van der Waals surface area contributed by atoms with Crippen molar-refractivity contribution in [3.05, 3.63) is 64.7 Å². The van der Waals surface area contributed by atoms with Crippen LogP contribution < -0.4 is 10.4 Å². The number of fused-ring (bicyclic) bond motifs is 4. The molecule has 0 unspecified atom stereocenters. The zero-order chi connectivity index (χ0) is 29.8. The highest BCUT2D eigenvalue weighted by Crippen LogP contribution is 2.65. The molecule has 0 radical (unpaired) electrons. The van der Waals surface area contributed by atoms with Crippen LogP contribution in [0.1, 0.15) is 35.4 Å². The van der Waals surface area contributed by atoms with Gasteiger partial charge in [0.2, 0.25) is 11.8 Å². The molecule has 3 N–H and O–H groups in total. The molecule has 4 amide bonds. The molecule has 2 heterocycles. The summed E-state index contributed by atoms with van der Waals surface area (Å²) >= 11 is 14.4. The minimum Gasteiger partial charge on any atom is -0.507 e. The molecule has 2 aliphatic carbocycles. The van der Waals surface area contributed by atoms with E-state index in [2.05, 4.69) is 0 Å². The number of hydrogen-bond acceptors (Lipinski definition) is 7. The van der Waals surface area contributed by atoms with Crippen molar-refractivity contribution >= 4 is 65.1 Å². The number of aromatic hydroxyl groups is 1. The number of phenols is 1. The highest BCUT2D eigenvalue weighted by Gasteiger charge is 2.75. The van der Waals surface area contributed by atoms with E-state index in [0.29, 0.717) is 22.3 Å². The van der Waals surface area contributed by atoms with E-state index in [1.165, 1.54) is 25.2 Å². The summed E-state index contributed by atoms with van der Waals surface area (Å²) in [4.78, 5) is 53.1. The maximum Gasteiger partial charge on any atom is 0.488 e. The Kier molecular flexibility index (Phi) is 6.25. The van der Waals surface area contributed by atoms with Crippen molar-refractivity contribution in [2.75, 3.05) is 11.9 Å². The number of carbonyl (C=O) groups excluding carboxylic acids is 4. The molecule has 9 nitrogen and oxygen atoms in total. The van der Waals surface area contributed by atoms with E-state index in [1.54, 1.807) is 32.0 Å². The second kappa shape index (κ2) is 9.16. The highest BCUT2D eigenvalue weighted by molar-refractivity contribution is 6.58. The van der Waals surface area contributed by atoms with Gasteiger partial charge in [-0.3, -0.25) is 29.0 Å². The van der Waals surface area contributed by atoms with Gasteiger partial charge >= 0.3 is 7.12 Å². The van der Waals surface area contributed by atoms with Crippen LogP contribution in [0.25, 0.3) is 0 Å². The van der Waals surface area contributed by atoms with E-state index in [1.807, 2.05) is 6.08 Å². The van der Waals surface area contributed by atoms with Crippen molar-refractivity contribution in [2.45, 2.75) is 42.4 Å². The molecule has 2 aliphatic heterocycles. The predicted octanol–water partition coefficient (Wildman–Crippen LogP) is 1.88. The molecule has 12 heteroatoms. The van der Waals surface area contributed by atoms with Crippen LogP contribution in [0.3, 0.4) is 0 Å².